The second kappa shape index (κ2) is 6.75. The van der Waals surface area contributed by atoms with Gasteiger partial charge in [0.25, 0.3) is 0 Å². The number of nitrogens with zero attached hydrogens (tertiary/aromatic N) is 1. The van der Waals surface area contributed by atoms with Crippen molar-refractivity contribution < 1.29 is 9.21 Å². The highest BCUT2D eigenvalue weighted by atomic mass is 79.9. The van der Waals surface area contributed by atoms with Crippen LogP contribution in [0, 0.1) is 0 Å². The number of benzene rings is 1. The smallest absolute Gasteiger partial charge is 0.245 e. The molecule has 0 radical (unpaired) electrons. The van der Waals surface area contributed by atoms with E-state index >= 15 is 0 Å². The minimum absolute atomic E-state index is 0.0905. The van der Waals surface area contributed by atoms with Gasteiger partial charge in [0.05, 0.1) is 12.5 Å². The van der Waals surface area contributed by atoms with Crippen LogP contribution in [0.15, 0.2) is 56.7 Å². The van der Waals surface area contributed by atoms with Gasteiger partial charge in [0.15, 0.2) is 0 Å². The standard InChI is InChI=1S/C13H12BrN3O2/c14-10-3-5-11(6-4-10)17-13(18)9-16-15-8-12-2-1-7-19-12/h1-8,16H,9H2,(H,17,18)/b15-8+. The minimum atomic E-state index is -0.168. The summed E-state index contributed by atoms with van der Waals surface area (Å²) in [4.78, 5) is 11.6. The molecule has 1 heterocycles. The van der Waals surface area contributed by atoms with E-state index in [1.807, 2.05) is 24.3 Å². The predicted octanol–water partition coefficient (Wildman–Crippen LogP) is 2.60. The van der Waals surface area contributed by atoms with E-state index in [2.05, 4.69) is 31.8 Å². The Morgan fingerprint density at radius 2 is 2.11 bits per heavy atom. The van der Waals surface area contributed by atoms with Gasteiger partial charge in [-0.15, -0.1) is 0 Å². The van der Waals surface area contributed by atoms with Gasteiger partial charge in [0.2, 0.25) is 5.91 Å². The molecule has 5 nitrogen and oxygen atoms in total. The molecule has 2 rings (SSSR count). The maximum atomic E-state index is 11.6. The van der Waals surface area contributed by atoms with Crippen molar-refractivity contribution in [2.75, 3.05) is 11.9 Å². The van der Waals surface area contributed by atoms with Gasteiger partial charge in [-0.1, -0.05) is 15.9 Å². The predicted molar refractivity (Wildman–Crippen MR) is 77.1 cm³/mol. The number of nitrogens with one attached hydrogen (secondary N) is 2. The SMILES string of the molecule is O=C(CN/N=C/c1ccco1)Nc1ccc(Br)cc1. The van der Waals surface area contributed by atoms with E-state index in [4.69, 9.17) is 4.42 Å². The number of furan rings is 1. The first-order valence-corrected chi connectivity index (χ1v) is 6.38. The average Bonchev–Trinajstić information content (AvgIpc) is 2.91. The highest BCUT2D eigenvalue weighted by molar-refractivity contribution is 9.10. The first-order chi connectivity index (χ1) is 9.24. The van der Waals surface area contributed by atoms with Gasteiger partial charge in [-0.2, -0.15) is 5.10 Å². The van der Waals surface area contributed by atoms with Crippen molar-refractivity contribution in [3.63, 3.8) is 0 Å². The van der Waals surface area contributed by atoms with E-state index in [0.29, 0.717) is 5.76 Å². The molecule has 2 aromatic rings. The summed E-state index contributed by atoms with van der Waals surface area (Å²) in [6.45, 7) is 0.0905. The fraction of sp³-hybridized carbons (Fsp3) is 0.0769. The molecule has 0 fully saturated rings. The molecule has 6 heteroatoms. The van der Waals surface area contributed by atoms with Crippen LogP contribution in [-0.4, -0.2) is 18.7 Å². The normalized spacial score (nSPS) is 10.6. The molecule has 0 saturated carbocycles. The Balaban J connectivity index is 1.74. The van der Waals surface area contributed by atoms with Crippen molar-refractivity contribution in [1.82, 2.24) is 5.43 Å². The topological polar surface area (TPSA) is 66.6 Å². The second-order valence-electron chi connectivity index (χ2n) is 3.66. The van der Waals surface area contributed by atoms with E-state index in [-0.39, 0.29) is 12.5 Å². The minimum Gasteiger partial charge on any atom is -0.463 e. The molecular formula is C13H12BrN3O2. The summed E-state index contributed by atoms with van der Waals surface area (Å²) in [6, 6.07) is 10.9. The van der Waals surface area contributed by atoms with E-state index in [9.17, 15) is 4.79 Å². The maximum absolute atomic E-state index is 11.6. The molecule has 0 spiro atoms. The fourth-order valence-electron chi connectivity index (χ4n) is 1.33. The van der Waals surface area contributed by atoms with Crippen molar-refractivity contribution in [3.05, 3.63) is 52.9 Å². The molecule has 0 bridgehead atoms. The second-order valence-corrected chi connectivity index (χ2v) is 4.58. The summed E-state index contributed by atoms with van der Waals surface area (Å²) >= 11 is 3.33. The first kappa shape index (κ1) is 13.4. The third-order valence-corrected chi connectivity index (χ3v) is 2.72. The Morgan fingerprint density at radius 3 is 2.79 bits per heavy atom. The van der Waals surface area contributed by atoms with Crippen molar-refractivity contribution in [2.45, 2.75) is 0 Å². The highest BCUT2D eigenvalue weighted by Gasteiger charge is 2.00. The number of rotatable bonds is 5. The number of halogens is 1. The summed E-state index contributed by atoms with van der Waals surface area (Å²) in [5, 5.41) is 6.62. The van der Waals surface area contributed by atoms with Crippen molar-refractivity contribution in [1.29, 1.82) is 0 Å². The van der Waals surface area contributed by atoms with Crippen molar-refractivity contribution >= 4 is 33.7 Å². The molecule has 0 saturated heterocycles. The molecule has 0 atom stereocenters. The van der Waals surface area contributed by atoms with Crippen LogP contribution < -0.4 is 10.7 Å². The van der Waals surface area contributed by atoms with Crippen LogP contribution in [0.5, 0.6) is 0 Å². The van der Waals surface area contributed by atoms with Crippen LogP contribution in [-0.2, 0) is 4.79 Å². The molecular weight excluding hydrogens is 310 g/mol. The Kier molecular flexibility index (Phi) is 4.74. The van der Waals surface area contributed by atoms with Crippen LogP contribution in [0.1, 0.15) is 5.76 Å². The van der Waals surface area contributed by atoms with Gasteiger partial charge < -0.3 is 15.2 Å². The molecule has 0 aliphatic carbocycles. The average molecular weight is 322 g/mol. The van der Waals surface area contributed by atoms with Crippen LogP contribution in [0.25, 0.3) is 0 Å². The van der Waals surface area contributed by atoms with E-state index in [0.717, 1.165) is 10.2 Å². The molecule has 0 unspecified atom stereocenters. The van der Waals surface area contributed by atoms with E-state index < -0.39 is 0 Å². The lowest BCUT2D eigenvalue weighted by Gasteiger charge is -2.04. The summed E-state index contributed by atoms with van der Waals surface area (Å²) in [6.07, 6.45) is 3.06. The molecule has 2 N–H and O–H groups in total. The van der Waals surface area contributed by atoms with Crippen molar-refractivity contribution in [3.8, 4) is 0 Å². The van der Waals surface area contributed by atoms with E-state index in [1.165, 1.54) is 6.21 Å². The quantitative estimate of drug-likeness (QED) is 0.657. The van der Waals surface area contributed by atoms with Gasteiger partial charge in [-0.05, 0) is 36.4 Å². The lowest BCUT2D eigenvalue weighted by Crippen LogP contribution is -2.24. The third kappa shape index (κ3) is 4.59. The number of carbonyl (C=O) groups excluding carboxylic acids is 1. The molecule has 0 aliphatic rings. The fourth-order valence-corrected chi connectivity index (χ4v) is 1.59. The number of anilines is 1. The largest absolute Gasteiger partial charge is 0.463 e. The zero-order valence-electron chi connectivity index (χ0n) is 9.97. The van der Waals surface area contributed by atoms with Gasteiger partial charge in [0, 0.05) is 10.2 Å². The van der Waals surface area contributed by atoms with Gasteiger partial charge in [-0.25, -0.2) is 0 Å². The zero-order chi connectivity index (χ0) is 13.5. The van der Waals surface area contributed by atoms with Gasteiger partial charge in [-0.3, -0.25) is 4.79 Å². The third-order valence-electron chi connectivity index (χ3n) is 2.19. The molecule has 0 aliphatic heterocycles. The summed E-state index contributed by atoms with van der Waals surface area (Å²) in [7, 11) is 0. The molecule has 19 heavy (non-hydrogen) atoms. The molecule has 1 aromatic carbocycles. The van der Waals surface area contributed by atoms with Crippen molar-refractivity contribution in [2.24, 2.45) is 5.10 Å². The van der Waals surface area contributed by atoms with Gasteiger partial charge >= 0.3 is 0 Å². The Hall–Kier alpha value is -2.08. The Morgan fingerprint density at radius 1 is 1.32 bits per heavy atom. The summed E-state index contributed by atoms with van der Waals surface area (Å²) < 4.78 is 6.02. The Labute approximate surface area is 118 Å². The summed E-state index contributed by atoms with van der Waals surface area (Å²) in [5.74, 6) is 0.458. The van der Waals surface area contributed by atoms with Crippen LogP contribution in [0.2, 0.25) is 0 Å². The maximum Gasteiger partial charge on any atom is 0.245 e. The lowest BCUT2D eigenvalue weighted by atomic mass is 10.3. The number of hydrogen-bond acceptors (Lipinski definition) is 4. The number of amides is 1. The number of hydrazone groups is 1. The summed E-state index contributed by atoms with van der Waals surface area (Å²) in [5.41, 5.74) is 3.38. The van der Waals surface area contributed by atoms with Crippen LogP contribution >= 0.6 is 15.9 Å². The van der Waals surface area contributed by atoms with Crippen LogP contribution in [0.4, 0.5) is 5.69 Å². The Bertz CT molecular complexity index is 550. The molecule has 1 aromatic heterocycles. The zero-order valence-corrected chi connectivity index (χ0v) is 11.6. The van der Waals surface area contributed by atoms with Crippen LogP contribution in [0.3, 0.4) is 0 Å². The first-order valence-electron chi connectivity index (χ1n) is 5.59. The highest BCUT2D eigenvalue weighted by Crippen LogP contribution is 2.13. The lowest BCUT2D eigenvalue weighted by molar-refractivity contribution is -0.115. The monoisotopic (exact) mass is 321 g/mol. The number of hydrogen-bond donors (Lipinski definition) is 2. The van der Waals surface area contributed by atoms with E-state index in [1.54, 1.807) is 18.4 Å². The number of carbonyl (C=O) groups is 1. The molecule has 98 valence electrons. The molecule has 1 amide bonds. The van der Waals surface area contributed by atoms with Gasteiger partial charge in [0.1, 0.15) is 12.3 Å².